The van der Waals surface area contributed by atoms with E-state index in [9.17, 15) is 18.0 Å². The van der Waals surface area contributed by atoms with Crippen LogP contribution in [0.5, 0.6) is 0 Å². The third-order valence-electron chi connectivity index (χ3n) is 4.66. The molecule has 2 heterocycles. The van der Waals surface area contributed by atoms with E-state index in [-0.39, 0.29) is 46.1 Å². The summed E-state index contributed by atoms with van der Waals surface area (Å²) in [5.41, 5.74) is 0.317. The van der Waals surface area contributed by atoms with Crippen LogP contribution < -0.4 is 10.6 Å². The van der Waals surface area contributed by atoms with Gasteiger partial charge in [-0.15, -0.1) is 0 Å². The number of piperidine rings is 1. The van der Waals surface area contributed by atoms with Crippen molar-refractivity contribution in [2.24, 2.45) is 0 Å². The zero-order valence-corrected chi connectivity index (χ0v) is 18.0. The number of benzene rings is 1. The summed E-state index contributed by atoms with van der Waals surface area (Å²) >= 11 is 12.1. The lowest BCUT2D eigenvalue weighted by atomic mass is 10.1. The number of amides is 2. The van der Waals surface area contributed by atoms with Gasteiger partial charge in [0.05, 0.1) is 27.5 Å². The van der Waals surface area contributed by atoms with Gasteiger partial charge in [0.15, 0.2) is 0 Å². The van der Waals surface area contributed by atoms with Crippen LogP contribution in [-0.2, 0) is 10.0 Å². The smallest absolute Gasteiger partial charge is 0.271 e. The minimum absolute atomic E-state index is 0.0627. The molecule has 3 rings (SSSR count). The Morgan fingerprint density at radius 2 is 1.83 bits per heavy atom. The molecule has 1 aromatic carbocycles. The molecule has 0 unspecified atom stereocenters. The highest BCUT2D eigenvalue weighted by Crippen LogP contribution is 2.26. The number of carbonyl (C=O) groups excluding carboxylic acids is 2. The fraction of sp³-hybridized carbons (Fsp3) is 0.278. The SMILES string of the molecule is C=CS(=O)(=O)N1CCC(NC(=O)c2[nH]ncc2NC(=O)c2c(Cl)cccc2Cl)CC1. The number of halogens is 2. The van der Waals surface area contributed by atoms with E-state index in [2.05, 4.69) is 27.4 Å². The van der Waals surface area contributed by atoms with Gasteiger partial charge < -0.3 is 10.6 Å². The molecule has 1 aromatic heterocycles. The Balaban J connectivity index is 1.65. The van der Waals surface area contributed by atoms with Crippen molar-refractivity contribution in [2.45, 2.75) is 18.9 Å². The largest absolute Gasteiger partial charge is 0.348 e. The first-order valence-electron chi connectivity index (χ1n) is 8.95. The van der Waals surface area contributed by atoms with Crippen LogP contribution in [0.1, 0.15) is 33.7 Å². The van der Waals surface area contributed by atoms with Crippen LogP contribution >= 0.6 is 23.2 Å². The molecule has 0 saturated carbocycles. The number of aromatic nitrogens is 2. The predicted octanol–water partition coefficient (Wildman–Crippen LogP) is 2.64. The predicted molar refractivity (Wildman–Crippen MR) is 114 cm³/mol. The third-order valence-corrected chi connectivity index (χ3v) is 6.80. The highest BCUT2D eigenvalue weighted by atomic mass is 35.5. The highest BCUT2D eigenvalue weighted by Gasteiger charge is 2.28. The van der Waals surface area contributed by atoms with Crippen molar-refractivity contribution in [3.05, 3.63) is 57.7 Å². The number of nitrogens with zero attached hydrogens (tertiary/aromatic N) is 2. The lowest BCUT2D eigenvalue weighted by Crippen LogP contribution is -2.46. The van der Waals surface area contributed by atoms with E-state index in [1.165, 1.54) is 22.6 Å². The lowest BCUT2D eigenvalue weighted by Gasteiger charge is -2.30. The van der Waals surface area contributed by atoms with Gasteiger partial charge in [0.2, 0.25) is 10.0 Å². The second-order valence-corrected chi connectivity index (χ2v) is 9.26. The molecule has 1 saturated heterocycles. The van der Waals surface area contributed by atoms with Crippen molar-refractivity contribution in [2.75, 3.05) is 18.4 Å². The van der Waals surface area contributed by atoms with Crippen LogP contribution in [-0.4, -0.2) is 53.9 Å². The van der Waals surface area contributed by atoms with Crippen LogP contribution in [0.25, 0.3) is 0 Å². The van der Waals surface area contributed by atoms with Gasteiger partial charge in [0.1, 0.15) is 5.69 Å². The number of hydrogen-bond acceptors (Lipinski definition) is 5. The first-order chi connectivity index (χ1) is 14.2. The molecule has 0 aliphatic carbocycles. The molecule has 30 heavy (non-hydrogen) atoms. The van der Waals surface area contributed by atoms with Gasteiger partial charge in [-0.3, -0.25) is 14.7 Å². The molecule has 2 aromatic rings. The van der Waals surface area contributed by atoms with Crippen LogP contribution in [0, 0.1) is 0 Å². The minimum atomic E-state index is -3.47. The molecule has 9 nitrogen and oxygen atoms in total. The summed E-state index contributed by atoms with van der Waals surface area (Å²) in [6.07, 6.45) is 2.20. The van der Waals surface area contributed by atoms with Crippen molar-refractivity contribution in [1.29, 1.82) is 0 Å². The monoisotopic (exact) mass is 471 g/mol. The molecule has 12 heteroatoms. The molecule has 0 atom stereocenters. The number of sulfonamides is 1. The average molecular weight is 472 g/mol. The first kappa shape index (κ1) is 22.3. The normalized spacial score (nSPS) is 15.5. The van der Waals surface area contributed by atoms with Gasteiger partial charge in [-0.25, -0.2) is 8.42 Å². The summed E-state index contributed by atoms with van der Waals surface area (Å²) < 4.78 is 25.0. The van der Waals surface area contributed by atoms with Crippen LogP contribution in [0.3, 0.4) is 0 Å². The molecular formula is C18H19Cl2N5O4S. The molecule has 0 bridgehead atoms. The van der Waals surface area contributed by atoms with Gasteiger partial charge in [-0.1, -0.05) is 35.8 Å². The van der Waals surface area contributed by atoms with E-state index in [0.717, 1.165) is 5.41 Å². The second kappa shape index (κ2) is 9.17. The van der Waals surface area contributed by atoms with E-state index in [1.54, 1.807) is 6.07 Å². The molecule has 3 N–H and O–H groups in total. The van der Waals surface area contributed by atoms with Crippen LogP contribution in [0.15, 0.2) is 36.4 Å². The zero-order chi connectivity index (χ0) is 21.9. The maximum atomic E-state index is 12.6. The highest BCUT2D eigenvalue weighted by molar-refractivity contribution is 7.92. The van der Waals surface area contributed by atoms with Crippen molar-refractivity contribution < 1.29 is 18.0 Å². The van der Waals surface area contributed by atoms with Gasteiger partial charge in [0, 0.05) is 24.5 Å². The number of aromatic amines is 1. The van der Waals surface area contributed by atoms with Gasteiger partial charge in [0.25, 0.3) is 11.8 Å². The fourth-order valence-corrected chi connectivity index (χ4v) is 4.57. The Hall–Kier alpha value is -2.40. The maximum Gasteiger partial charge on any atom is 0.271 e. The summed E-state index contributed by atoms with van der Waals surface area (Å²) in [4.78, 5) is 25.2. The average Bonchev–Trinajstić information content (AvgIpc) is 3.16. The van der Waals surface area contributed by atoms with Gasteiger partial charge in [-0.2, -0.15) is 9.40 Å². The van der Waals surface area contributed by atoms with Gasteiger partial charge >= 0.3 is 0 Å². The van der Waals surface area contributed by atoms with Crippen molar-refractivity contribution in [3.63, 3.8) is 0 Å². The maximum absolute atomic E-state index is 12.6. The standard InChI is InChI=1S/C18H19Cl2N5O4S/c1-2-30(28,29)25-8-6-11(7-9-25)22-18(27)16-14(10-21-24-16)23-17(26)15-12(19)4-3-5-13(15)20/h2-5,10-11H,1,6-9H2,(H,21,24)(H,22,27)(H,23,26). The molecule has 1 fully saturated rings. The zero-order valence-electron chi connectivity index (χ0n) is 15.7. The molecule has 0 radical (unpaired) electrons. The number of nitrogens with one attached hydrogen (secondary N) is 3. The third kappa shape index (κ3) is 4.84. The van der Waals surface area contributed by atoms with Gasteiger partial charge in [-0.05, 0) is 25.0 Å². The number of rotatable bonds is 6. The molecular weight excluding hydrogens is 453 g/mol. The van der Waals surface area contributed by atoms with E-state index in [4.69, 9.17) is 23.2 Å². The number of H-pyrrole nitrogens is 1. The van der Waals surface area contributed by atoms with Crippen molar-refractivity contribution >= 4 is 50.7 Å². The van der Waals surface area contributed by atoms with Crippen LogP contribution in [0.2, 0.25) is 10.0 Å². The number of carbonyl (C=O) groups is 2. The Morgan fingerprint density at radius 1 is 1.20 bits per heavy atom. The summed E-state index contributed by atoms with van der Waals surface area (Å²) in [5, 5.41) is 13.1. The van der Waals surface area contributed by atoms with E-state index >= 15 is 0 Å². The summed E-state index contributed by atoms with van der Waals surface area (Å²) in [6.45, 7) is 3.86. The van der Waals surface area contributed by atoms with E-state index in [0.29, 0.717) is 12.8 Å². The number of hydrogen-bond donors (Lipinski definition) is 3. The van der Waals surface area contributed by atoms with Crippen molar-refractivity contribution in [3.8, 4) is 0 Å². The van der Waals surface area contributed by atoms with Crippen LogP contribution in [0.4, 0.5) is 5.69 Å². The number of anilines is 1. The Morgan fingerprint density at radius 3 is 2.43 bits per heavy atom. The molecule has 1 aliphatic heterocycles. The lowest BCUT2D eigenvalue weighted by molar-refractivity contribution is 0.0919. The molecule has 2 amide bonds. The molecule has 0 spiro atoms. The van der Waals surface area contributed by atoms with Crippen molar-refractivity contribution in [1.82, 2.24) is 19.8 Å². The van der Waals surface area contributed by atoms with E-state index < -0.39 is 21.8 Å². The first-order valence-corrected chi connectivity index (χ1v) is 11.2. The molecule has 1 aliphatic rings. The Kier molecular flexibility index (Phi) is 6.81. The Labute approximate surface area is 183 Å². The topological polar surface area (TPSA) is 124 Å². The second-order valence-electron chi connectivity index (χ2n) is 6.57. The minimum Gasteiger partial charge on any atom is -0.348 e. The van der Waals surface area contributed by atoms with E-state index in [1.807, 2.05) is 0 Å². The fourth-order valence-electron chi connectivity index (χ4n) is 3.07. The quantitative estimate of drug-likeness (QED) is 0.596. The summed E-state index contributed by atoms with van der Waals surface area (Å²) in [7, 11) is -3.47. The summed E-state index contributed by atoms with van der Waals surface area (Å²) in [6, 6.07) is 4.46. The molecule has 160 valence electrons. The Bertz CT molecular complexity index is 1060. The summed E-state index contributed by atoms with van der Waals surface area (Å²) in [5.74, 6) is -1.05.